The normalized spacial score (nSPS) is 23.4. The summed E-state index contributed by atoms with van der Waals surface area (Å²) in [5.74, 6) is 0.966. The molecule has 2 fully saturated rings. The summed E-state index contributed by atoms with van der Waals surface area (Å²) in [7, 11) is 1.34. The number of carbonyl (C=O) groups is 1. The number of hydrogen-bond donors (Lipinski definition) is 0. The predicted molar refractivity (Wildman–Crippen MR) is 103 cm³/mol. The minimum atomic E-state index is -3.13. The maximum absolute atomic E-state index is 13.4. The highest BCUT2D eigenvalue weighted by molar-refractivity contribution is 7.91. The number of benzene rings is 1. The summed E-state index contributed by atoms with van der Waals surface area (Å²) in [5.41, 5.74) is 0.358. The van der Waals surface area contributed by atoms with Gasteiger partial charge >= 0.3 is 0 Å². The molecule has 1 aromatic carbocycles. The number of ether oxygens (including phenoxy) is 4. The van der Waals surface area contributed by atoms with E-state index >= 15 is 0 Å². The average molecular weight is 413 g/mol. The molecule has 0 bridgehead atoms. The third kappa shape index (κ3) is 4.35. The van der Waals surface area contributed by atoms with Crippen LogP contribution in [0.25, 0.3) is 0 Å². The van der Waals surface area contributed by atoms with E-state index in [1.165, 1.54) is 21.3 Å². The first-order valence-corrected chi connectivity index (χ1v) is 11.1. The number of hydrogen-bond acceptors (Lipinski definition) is 7. The molecule has 0 saturated carbocycles. The molecule has 0 spiro atoms. The minimum Gasteiger partial charge on any atom is -0.493 e. The molecule has 0 radical (unpaired) electrons. The third-order valence-corrected chi connectivity index (χ3v) is 7.00. The molecule has 2 aliphatic heterocycles. The molecule has 0 aliphatic carbocycles. The monoisotopic (exact) mass is 413 g/mol. The van der Waals surface area contributed by atoms with Crippen LogP contribution in [0.5, 0.6) is 17.2 Å². The summed E-state index contributed by atoms with van der Waals surface area (Å²) in [4.78, 5) is 15.0. The molecular weight excluding hydrogens is 386 g/mol. The fourth-order valence-corrected chi connectivity index (χ4v) is 5.53. The Morgan fingerprint density at radius 1 is 1.14 bits per heavy atom. The Bertz CT molecular complexity index is 793. The molecule has 3 rings (SSSR count). The van der Waals surface area contributed by atoms with Gasteiger partial charge in [0.2, 0.25) is 5.75 Å². The summed E-state index contributed by atoms with van der Waals surface area (Å²) in [6.07, 6.45) is 2.16. The molecule has 2 aliphatic rings. The van der Waals surface area contributed by atoms with E-state index < -0.39 is 9.84 Å². The van der Waals surface area contributed by atoms with Crippen molar-refractivity contribution in [2.75, 3.05) is 46.0 Å². The summed E-state index contributed by atoms with van der Waals surface area (Å²) in [6.45, 7) is 1.04. The molecule has 0 unspecified atom stereocenters. The molecule has 2 atom stereocenters. The maximum atomic E-state index is 13.4. The van der Waals surface area contributed by atoms with E-state index in [0.29, 0.717) is 42.4 Å². The van der Waals surface area contributed by atoms with Crippen molar-refractivity contribution < 1.29 is 32.2 Å². The highest BCUT2D eigenvalue weighted by Crippen LogP contribution is 2.39. The number of nitrogens with zero attached hydrogens (tertiary/aromatic N) is 1. The second-order valence-corrected chi connectivity index (χ2v) is 9.29. The van der Waals surface area contributed by atoms with Gasteiger partial charge in [0.15, 0.2) is 21.3 Å². The summed E-state index contributed by atoms with van der Waals surface area (Å²) >= 11 is 0. The van der Waals surface area contributed by atoms with Crippen molar-refractivity contribution in [3.05, 3.63) is 17.7 Å². The number of sulfone groups is 1. The second-order valence-electron chi connectivity index (χ2n) is 7.06. The van der Waals surface area contributed by atoms with Gasteiger partial charge in [0.1, 0.15) is 0 Å². The number of methoxy groups -OCH3 is 3. The second kappa shape index (κ2) is 8.57. The van der Waals surface area contributed by atoms with Crippen molar-refractivity contribution in [1.29, 1.82) is 0 Å². The van der Waals surface area contributed by atoms with E-state index in [0.717, 1.165) is 12.8 Å². The fourth-order valence-electron chi connectivity index (χ4n) is 3.80. The first kappa shape index (κ1) is 20.7. The van der Waals surface area contributed by atoms with Gasteiger partial charge in [-0.2, -0.15) is 0 Å². The van der Waals surface area contributed by atoms with Gasteiger partial charge in [-0.1, -0.05) is 0 Å². The SMILES string of the molecule is COc1cc(C(=O)N(C[C@@H]2CCCO2)[C@H]2CCS(=O)(=O)C2)cc(OC)c1OC. The number of carbonyl (C=O) groups excluding carboxylic acids is 1. The van der Waals surface area contributed by atoms with E-state index in [1.54, 1.807) is 17.0 Å². The lowest BCUT2D eigenvalue weighted by molar-refractivity contribution is 0.0441. The highest BCUT2D eigenvalue weighted by atomic mass is 32.2. The Hall–Kier alpha value is -2.00. The first-order valence-electron chi connectivity index (χ1n) is 9.31. The van der Waals surface area contributed by atoms with E-state index in [2.05, 4.69) is 0 Å². The largest absolute Gasteiger partial charge is 0.493 e. The molecule has 8 nitrogen and oxygen atoms in total. The Morgan fingerprint density at radius 3 is 2.29 bits per heavy atom. The van der Waals surface area contributed by atoms with Crippen LogP contribution in [-0.4, -0.2) is 77.4 Å². The van der Waals surface area contributed by atoms with Gasteiger partial charge in [0.25, 0.3) is 5.91 Å². The zero-order valence-electron chi connectivity index (χ0n) is 16.5. The van der Waals surface area contributed by atoms with E-state index in [4.69, 9.17) is 18.9 Å². The molecule has 2 saturated heterocycles. The minimum absolute atomic E-state index is 0.0180. The van der Waals surface area contributed by atoms with E-state index in [-0.39, 0.29) is 29.6 Å². The van der Waals surface area contributed by atoms with Crippen LogP contribution >= 0.6 is 0 Å². The quantitative estimate of drug-likeness (QED) is 0.669. The van der Waals surface area contributed by atoms with Crippen molar-refractivity contribution in [2.45, 2.75) is 31.4 Å². The standard InChI is InChI=1S/C19H27NO7S/c1-24-16-9-13(10-17(25-2)18(16)26-3)19(21)20(11-15-5-4-7-27-15)14-6-8-28(22,23)12-14/h9-10,14-15H,4-8,11-12H2,1-3H3/t14-,15-/m0/s1. The van der Waals surface area contributed by atoms with Gasteiger partial charge in [0, 0.05) is 24.8 Å². The molecule has 0 N–H and O–H groups in total. The van der Waals surface area contributed by atoms with Crippen molar-refractivity contribution >= 4 is 15.7 Å². The zero-order valence-corrected chi connectivity index (χ0v) is 17.3. The van der Waals surface area contributed by atoms with Gasteiger partial charge in [-0.05, 0) is 31.4 Å². The molecule has 0 aromatic heterocycles. The van der Waals surface area contributed by atoms with Crippen molar-refractivity contribution in [3.8, 4) is 17.2 Å². The van der Waals surface area contributed by atoms with Gasteiger partial charge in [-0.3, -0.25) is 4.79 Å². The topological polar surface area (TPSA) is 91.4 Å². The van der Waals surface area contributed by atoms with Crippen molar-refractivity contribution in [3.63, 3.8) is 0 Å². The molecule has 1 aromatic rings. The van der Waals surface area contributed by atoms with Crippen LogP contribution in [0.3, 0.4) is 0 Å². The lowest BCUT2D eigenvalue weighted by Gasteiger charge is -2.31. The Kier molecular flexibility index (Phi) is 6.34. The van der Waals surface area contributed by atoms with Crippen molar-refractivity contribution in [2.24, 2.45) is 0 Å². The van der Waals surface area contributed by atoms with Gasteiger partial charge in [-0.15, -0.1) is 0 Å². The van der Waals surface area contributed by atoms with Crippen molar-refractivity contribution in [1.82, 2.24) is 4.90 Å². The van der Waals surface area contributed by atoms with Gasteiger partial charge in [-0.25, -0.2) is 8.42 Å². The van der Waals surface area contributed by atoms with Crippen LogP contribution < -0.4 is 14.2 Å². The summed E-state index contributed by atoms with van der Waals surface area (Å²) in [6, 6.07) is 2.83. The highest BCUT2D eigenvalue weighted by Gasteiger charge is 2.37. The average Bonchev–Trinajstić information content (AvgIpc) is 3.33. The molecule has 1 amide bonds. The van der Waals surface area contributed by atoms with Crippen LogP contribution in [0.15, 0.2) is 12.1 Å². The molecule has 156 valence electrons. The number of rotatable bonds is 7. The molecular formula is C19H27NO7S. The first-order chi connectivity index (χ1) is 13.4. The maximum Gasteiger partial charge on any atom is 0.254 e. The molecule has 2 heterocycles. The van der Waals surface area contributed by atoms with Crippen LogP contribution in [-0.2, 0) is 14.6 Å². The summed E-state index contributed by atoms with van der Waals surface area (Å²) < 4.78 is 45.7. The summed E-state index contributed by atoms with van der Waals surface area (Å²) in [5, 5.41) is 0. The van der Waals surface area contributed by atoms with Gasteiger partial charge < -0.3 is 23.8 Å². The van der Waals surface area contributed by atoms with E-state index in [9.17, 15) is 13.2 Å². The Labute approximate surface area is 165 Å². The zero-order chi connectivity index (χ0) is 20.3. The fraction of sp³-hybridized carbons (Fsp3) is 0.632. The number of amides is 1. The Morgan fingerprint density at radius 2 is 1.82 bits per heavy atom. The van der Waals surface area contributed by atoms with E-state index in [1.807, 2.05) is 0 Å². The van der Waals surface area contributed by atoms with Crippen LogP contribution in [0.1, 0.15) is 29.6 Å². The lowest BCUT2D eigenvalue weighted by Crippen LogP contribution is -2.45. The van der Waals surface area contributed by atoms with Crippen LogP contribution in [0.2, 0.25) is 0 Å². The van der Waals surface area contributed by atoms with Gasteiger partial charge in [0.05, 0.1) is 38.9 Å². The van der Waals surface area contributed by atoms with Crippen LogP contribution in [0.4, 0.5) is 0 Å². The third-order valence-electron chi connectivity index (χ3n) is 5.25. The lowest BCUT2D eigenvalue weighted by atomic mass is 10.1. The van der Waals surface area contributed by atoms with Crippen LogP contribution in [0, 0.1) is 0 Å². The smallest absolute Gasteiger partial charge is 0.254 e. The molecule has 28 heavy (non-hydrogen) atoms. The molecule has 9 heteroatoms. The Balaban J connectivity index is 1.94. The predicted octanol–water partition coefficient (Wildman–Crippen LogP) is 1.52.